The van der Waals surface area contributed by atoms with Gasteiger partial charge in [0.25, 0.3) is 0 Å². The number of nitrogens with zero attached hydrogens (tertiary/aromatic N) is 1. The summed E-state index contributed by atoms with van der Waals surface area (Å²) in [7, 11) is 0. The van der Waals surface area contributed by atoms with E-state index >= 15 is 0 Å². The highest BCUT2D eigenvalue weighted by Gasteiger charge is 2.32. The van der Waals surface area contributed by atoms with Crippen LogP contribution < -0.4 is 5.73 Å². The number of nitrogen functional groups attached to an aromatic ring is 1. The fourth-order valence-electron chi connectivity index (χ4n) is 3.18. The van der Waals surface area contributed by atoms with Crippen molar-refractivity contribution in [3.63, 3.8) is 0 Å². The Morgan fingerprint density at radius 3 is 2.89 bits per heavy atom. The molecule has 2 rings (SSSR count). The molecule has 1 saturated carbocycles. The van der Waals surface area contributed by atoms with E-state index in [1.165, 1.54) is 12.8 Å². The maximum Gasteiger partial charge on any atom is 0.123 e. The quantitative estimate of drug-likeness (QED) is 0.892. The van der Waals surface area contributed by atoms with E-state index in [4.69, 9.17) is 10.5 Å². The van der Waals surface area contributed by atoms with E-state index in [9.17, 15) is 0 Å². The van der Waals surface area contributed by atoms with Crippen molar-refractivity contribution in [1.29, 1.82) is 0 Å². The second-order valence-corrected chi connectivity index (χ2v) is 6.44. The zero-order chi connectivity index (χ0) is 13.2. The second-order valence-electron chi connectivity index (χ2n) is 6.44. The first-order valence-electron chi connectivity index (χ1n) is 6.77. The zero-order valence-electron chi connectivity index (χ0n) is 11.6. The van der Waals surface area contributed by atoms with E-state index < -0.39 is 0 Å². The second kappa shape index (κ2) is 5.27. The van der Waals surface area contributed by atoms with Crippen LogP contribution in [0, 0.1) is 11.3 Å². The Bertz CT molecular complexity index is 403. The number of anilines is 1. The number of hydrogen-bond donors (Lipinski definition) is 1. The lowest BCUT2D eigenvalue weighted by Crippen LogP contribution is -2.32. The third-order valence-corrected chi connectivity index (χ3v) is 3.68. The van der Waals surface area contributed by atoms with Crippen molar-refractivity contribution in [1.82, 2.24) is 4.98 Å². The predicted molar refractivity (Wildman–Crippen MR) is 74.0 cm³/mol. The molecule has 3 heteroatoms. The van der Waals surface area contributed by atoms with Crippen LogP contribution in [0.15, 0.2) is 18.3 Å². The summed E-state index contributed by atoms with van der Waals surface area (Å²) in [6.07, 6.45) is 5.73. The van der Waals surface area contributed by atoms with E-state index in [0.29, 0.717) is 23.9 Å². The average Bonchev–Trinajstić information content (AvgIpc) is 2.24. The molecular formula is C15H24N2O. The Labute approximate surface area is 110 Å². The Hall–Kier alpha value is -1.09. The predicted octanol–water partition coefficient (Wildman–Crippen LogP) is 3.40. The molecule has 0 spiro atoms. The van der Waals surface area contributed by atoms with Crippen LogP contribution >= 0.6 is 0 Å². The van der Waals surface area contributed by atoms with Gasteiger partial charge in [-0.2, -0.15) is 0 Å². The molecule has 0 amide bonds. The summed E-state index contributed by atoms with van der Waals surface area (Å²) in [5, 5.41) is 0. The minimum atomic E-state index is 0.373. The molecule has 1 aromatic heterocycles. The topological polar surface area (TPSA) is 48.1 Å². The summed E-state index contributed by atoms with van der Waals surface area (Å²) in [5.74, 6) is 1.31. The fraction of sp³-hybridized carbons (Fsp3) is 0.667. The highest BCUT2D eigenvalue weighted by atomic mass is 16.5. The van der Waals surface area contributed by atoms with Crippen molar-refractivity contribution in [2.24, 2.45) is 11.3 Å². The van der Waals surface area contributed by atoms with Gasteiger partial charge in [-0.15, -0.1) is 0 Å². The first-order chi connectivity index (χ1) is 8.44. The number of hydrogen-bond acceptors (Lipinski definition) is 3. The largest absolute Gasteiger partial charge is 0.384 e. The normalized spacial score (nSPS) is 27.1. The monoisotopic (exact) mass is 248 g/mol. The SMILES string of the molecule is CC1CC(OCc2ccnc(N)c2)CC(C)(C)C1. The van der Waals surface area contributed by atoms with Crippen LogP contribution in [0.3, 0.4) is 0 Å². The van der Waals surface area contributed by atoms with Gasteiger partial charge in [0.05, 0.1) is 12.7 Å². The van der Waals surface area contributed by atoms with Gasteiger partial charge in [0.2, 0.25) is 0 Å². The van der Waals surface area contributed by atoms with Gasteiger partial charge < -0.3 is 10.5 Å². The number of rotatable bonds is 3. The standard InChI is InChI=1S/C15H24N2O/c1-11-6-13(9-15(2,3)8-11)18-10-12-4-5-17-14(16)7-12/h4-5,7,11,13H,6,8-10H2,1-3H3,(H2,16,17). The molecule has 1 aliphatic rings. The molecule has 1 aliphatic carbocycles. The minimum absolute atomic E-state index is 0.373. The van der Waals surface area contributed by atoms with Crippen LogP contribution in [0.2, 0.25) is 0 Å². The molecule has 1 fully saturated rings. The Morgan fingerprint density at radius 2 is 2.22 bits per heavy atom. The molecule has 0 aromatic carbocycles. The van der Waals surface area contributed by atoms with Crippen molar-refractivity contribution < 1.29 is 4.74 Å². The van der Waals surface area contributed by atoms with Gasteiger partial charge in [-0.25, -0.2) is 4.98 Å². The molecule has 0 aliphatic heterocycles. The third kappa shape index (κ3) is 3.70. The summed E-state index contributed by atoms with van der Waals surface area (Å²) in [4.78, 5) is 3.99. The highest BCUT2D eigenvalue weighted by molar-refractivity contribution is 5.31. The molecule has 2 unspecified atom stereocenters. The third-order valence-electron chi connectivity index (χ3n) is 3.68. The number of aromatic nitrogens is 1. The lowest BCUT2D eigenvalue weighted by atomic mass is 9.71. The fourth-order valence-corrected chi connectivity index (χ4v) is 3.18. The van der Waals surface area contributed by atoms with E-state index in [1.807, 2.05) is 12.1 Å². The van der Waals surface area contributed by atoms with E-state index in [1.54, 1.807) is 6.20 Å². The summed E-state index contributed by atoms with van der Waals surface area (Å²) < 4.78 is 6.05. The molecule has 0 saturated heterocycles. The minimum Gasteiger partial charge on any atom is -0.384 e. The van der Waals surface area contributed by atoms with E-state index in [0.717, 1.165) is 17.9 Å². The number of ether oxygens (including phenoxy) is 1. The lowest BCUT2D eigenvalue weighted by Gasteiger charge is -2.38. The van der Waals surface area contributed by atoms with Crippen LogP contribution in [0.1, 0.15) is 45.6 Å². The number of pyridine rings is 1. The lowest BCUT2D eigenvalue weighted by molar-refractivity contribution is -0.0316. The zero-order valence-corrected chi connectivity index (χ0v) is 11.6. The Morgan fingerprint density at radius 1 is 1.44 bits per heavy atom. The van der Waals surface area contributed by atoms with Crippen LogP contribution in [-0.4, -0.2) is 11.1 Å². The van der Waals surface area contributed by atoms with Gasteiger partial charge >= 0.3 is 0 Å². The van der Waals surface area contributed by atoms with Crippen LogP contribution in [0.25, 0.3) is 0 Å². The van der Waals surface area contributed by atoms with Gasteiger partial charge in [0.15, 0.2) is 0 Å². The van der Waals surface area contributed by atoms with Crippen molar-refractivity contribution in [2.45, 2.75) is 52.7 Å². The van der Waals surface area contributed by atoms with E-state index in [2.05, 4.69) is 25.8 Å². The molecule has 2 N–H and O–H groups in total. The van der Waals surface area contributed by atoms with Crippen molar-refractivity contribution in [3.8, 4) is 0 Å². The average molecular weight is 248 g/mol. The Kier molecular flexibility index (Phi) is 3.91. The van der Waals surface area contributed by atoms with Gasteiger partial charge in [0, 0.05) is 6.20 Å². The summed E-state index contributed by atoms with van der Waals surface area (Å²) in [5.41, 5.74) is 7.18. The van der Waals surface area contributed by atoms with Crippen LogP contribution in [0.5, 0.6) is 0 Å². The van der Waals surface area contributed by atoms with Crippen molar-refractivity contribution in [3.05, 3.63) is 23.9 Å². The van der Waals surface area contributed by atoms with Gasteiger partial charge in [-0.05, 0) is 48.3 Å². The summed E-state index contributed by atoms with van der Waals surface area (Å²) >= 11 is 0. The molecule has 100 valence electrons. The van der Waals surface area contributed by atoms with Crippen LogP contribution in [0.4, 0.5) is 5.82 Å². The molecular weight excluding hydrogens is 224 g/mol. The van der Waals surface area contributed by atoms with Crippen molar-refractivity contribution in [2.75, 3.05) is 5.73 Å². The maximum atomic E-state index is 6.05. The van der Waals surface area contributed by atoms with Gasteiger partial charge in [-0.1, -0.05) is 20.8 Å². The van der Waals surface area contributed by atoms with Gasteiger partial charge in [-0.3, -0.25) is 0 Å². The molecule has 0 radical (unpaired) electrons. The molecule has 3 nitrogen and oxygen atoms in total. The smallest absolute Gasteiger partial charge is 0.123 e. The van der Waals surface area contributed by atoms with Crippen LogP contribution in [-0.2, 0) is 11.3 Å². The Balaban J connectivity index is 1.90. The number of nitrogens with two attached hydrogens (primary N) is 1. The molecule has 2 atom stereocenters. The van der Waals surface area contributed by atoms with Gasteiger partial charge in [0.1, 0.15) is 5.82 Å². The first-order valence-corrected chi connectivity index (χ1v) is 6.77. The maximum absolute atomic E-state index is 6.05. The molecule has 1 heterocycles. The molecule has 1 aromatic rings. The summed E-state index contributed by atoms with van der Waals surface area (Å²) in [6.45, 7) is 7.63. The first kappa shape index (κ1) is 13.3. The van der Waals surface area contributed by atoms with E-state index in [-0.39, 0.29) is 0 Å². The highest BCUT2D eigenvalue weighted by Crippen LogP contribution is 2.39. The summed E-state index contributed by atoms with van der Waals surface area (Å²) in [6, 6.07) is 3.85. The molecule has 18 heavy (non-hydrogen) atoms. The molecule has 0 bridgehead atoms. The van der Waals surface area contributed by atoms with Crippen molar-refractivity contribution >= 4 is 5.82 Å².